The Morgan fingerprint density at radius 2 is 2.04 bits per heavy atom. The van der Waals surface area contributed by atoms with Gasteiger partial charge in [-0.15, -0.1) is 0 Å². The van der Waals surface area contributed by atoms with Crippen LogP contribution in [-0.4, -0.2) is 64.2 Å². The van der Waals surface area contributed by atoms with E-state index in [1.807, 2.05) is 24.3 Å². The molecule has 1 aliphatic rings. The molecule has 1 aromatic heterocycles. The maximum atomic E-state index is 12.4. The number of benzene rings is 1. The maximum Gasteiger partial charge on any atom is 0.327 e. The number of hydrogen-bond donors (Lipinski definition) is 1. The molecular formula is C14H15N3O5S. The number of sulfone groups is 1. The number of nitrogens with zero attached hydrogens (tertiary/aromatic N) is 3. The SMILES string of the molecule is O=C(O)C1CS(=O)(=O)CCN1C(=O)Cn1cc2ccccc2n1. The van der Waals surface area contributed by atoms with Gasteiger partial charge in [0.15, 0.2) is 9.84 Å². The molecule has 0 saturated carbocycles. The number of carbonyl (C=O) groups is 2. The van der Waals surface area contributed by atoms with Crippen LogP contribution in [0.3, 0.4) is 0 Å². The lowest BCUT2D eigenvalue weighted by Gasteiger charge is -2.32. The summed E-state index contributed by atoms with van der Waals surface area (Å²) >= 11 is 0. The molecule has 1 saturated heterocycles. The van der Waals surface area contributed by atoms with Crippen LogP contribution in [0.5, 0.6) is 0 Å². The smallest absolute Gasteiger partial charge is 0.327 e. The molecule has 0 spiro atoms. The van der Waals surface area contributed by atoms with Crippen molar-refractivity contribution < 1.29 is 23.1 Å². The molecule has 2 aromatic rings. The number of aromatic nitrogens is 2. The number of hydrogen-bond acceptors (Lipinski definition) is 5. The fraction of sp³-hybridized carbons (Fsp3) is 0.357. The number of carboxylic acids is 1. The molecular weight excluding hydrogens is 322 g/mol. The first-order chi connectivity index (χ1) is 10.9. The van der Waals surface area contributed by atoms with Gasteiger partial charge in [-0.05, 0) is 6.07 Å². The van der Waals surface area contributed by atoms with Crippen molar-refractivity contribution in [2.45, 2.75) is 12.6 Å². The first kappa shape index (κ1) is 15.5. The summed E-state index contributed by atoms with van der Waals surface area (Å²) in [5, 5.41) is 14.3. The van der Waals surface area contributed by atoms with Gasteiger partial charge in [0.25, 0.3) is 0 Å². The highest BCUT2D eigenvalue weighted by Gasteiger charge is 2.38. The second-order valence-corrected chi connectivity index (χ2v) is 7.67. The van der Waals surface area contributed by atoms with Gasteiger partial charge in [0.1, 0.15) is 12.6 Å². The highest BCUT2D eigenvalue weighted by molar-refractivity contribution is 7.91. The largest absolute Gasteiger partial charge is 0.480 e. The van der Waals surface area contributed by atoms with Crippen molar-refractivity contribution in [2.75, 3.05) is 18.1 Å². The minimum atomic E-state index is -3.43. The summed E-state index contributed by atoms with van der Waals surface area (Å²) in [7, 11) is -3.43. The van der Waals surface area contributed by atoms with E-state index in [0.717, 1.165) is 15.8 Å². The van der Waals surface area contributed by atoms with E-state index >= 15 is 0 Å². The van der Waals surface area contributed by atoms with Crippen LogP contribution in [0.25, 0.3) is 10.9 Å². The lowest BCUT2D eigenvalue weighted by molar-refractivity contribution is -0.149. The third-order valence-corrected chi connectivity index (χ3v) is 5.42. The first-order valence-electron chi connectivity index (χ1n) is 7.01. The molecule has 1 N–H and O–H groups in total. The summed E-state index contributed by atoms with van der Waals surface area (Å²) in [6.45, 7) is -0.239. The summed E-state index contributed by atoms with van der Waals surface area (Å²) in [5.41, 5.74) is 0.733. The van der Waals surface area contributed by atoms with Gasteiger partial charge in [0, 0.05) is 18.1 Å². The zero-order chi connectivity index (χ0) is 16.6. The Morgan fingerprint density at radius 3 is 2.74 bits per heavy atom. The average Bonchev–Trinajstić information content (AvgIpc) is 2.88. The average molecular weight is 337 g/mol. The van der Waals surface area contributed by atoms with Crippen LogP contribution in [0.1, 0.15) is 0 Å². The Hall–Kier alpha value is -2.42. The molecule has 0 aliphatic carbocycles. The molecule has 1 amide bonds. The van der Waals surface area contributed by atoms with E-state index in [2.05, 4.69) is 5.10 Å². The molecule has 0 radical (unpaired) electrons. The summed E-state index contributed by atoms with van der Waals surface area (Å²) < 4.78 is 24.6. The fourth-order valence-corrected chi connectivity index (χ4v) is 4.08. The standard InChI is InChI=1S/C14H15N3O5S/c18-13(8-16-7-10-3-1-2-4-11(10)15-16)17-5-6-23(21,22)9-12(17)14(19)20/h1-4,7,12H,5-6,8-9H2,(H,19,20). The molecule has 1 aromatic carbocycles. The number of rotatable bonds is 3. The summed E-state index contributed by atoms with van der Waals surface area (Å²) in [4.78, 5) is 24.8. The van der Waals surface area contributed by atoms with Gasteiger partial charge in [-0.3, -0.25) is 9.48 Å². The highest BCUT2D eigenvalue weighted by Crippen LogP contribution is 2.15. The monoisotopic (exact) mass is 337 g/mol. The molecule has 3 rings (SSSR count). The Labute approximate surface area is 132 Å². The van der Waals surface area contributed by atoms with Gasteiger partial charge in [0.2, 0.25) is 5.91 Å². The normalized spacial score (nSPS) is 20.5. The maximum absolute atomic E-state index is 12.4. The van der Waals surface area contributed by atoms with Crippen LogP contribution >= 0.6 is 0 Å². The molecule has 122 valence electrons. The van der Waals surface area contributed by atoms with E-state index in [1.165, 1.54) is 4.68 Å². The van der Waals surface area contributed by atoms with Gasteiger partial charge in [0.05, 0.1) is 17.0 Å². The third kappa shape index (κ3) is 3.19. The molecule has 2 heterocycles. The van der Waals surface area contributed by atoms with Crippen molar-refractivity contribution in [3.63, 3.8) is 0 Å². The molecule has 0 bridgehead atoms. The van der Waals surface area contributed by atoms with E-state index < -0.39 is 33.5 Å². The van der Waals surface area contributed by atoms with Crippen molar-refractivity contribution in [1.82, 2.24) is 14.7 Å². The Kier molecular flexibility index (Phi) is 3.80. The topological polar surface area (TPSA) is 110 Å². The first-order valence-corrected chi connectivity index (χ1v) is 8.83. The number of carboxylic acid groups (broad SMARTS) is 1. The molecule has 1 atom stereocenters. The Bertz CT molecular complexity index is 840. The van der Waals surface area contributed by atoms with Crippen molar-refractivity contribution in [3.05, 3.63) is 30.5 Å². The molecule has 9 heteroatoms. The molecule has 1 fully saturated rings. The minimum absolute atomic E-state index is 0.112. The highest BCUT2D eigenvalue weighted by atomic mass is 32.2. The van der Waals surface area contributed by atoms with Crippen LogP contribution in [0.2, 0.25) is 0 Å². The van der Waals surface area contributed by atoms with E-state index in [9.17, 15) is 23.1 Å². The van der Waals surface area contributed by atoms with Crippen LogP contribution < -0.4 is 0 Å². The Balaban J connectivity index is 1.80. The van der Waals surface area contributed by atoms with Gasteiger partial charge < -0.3 is 10.0 Å². The minimum Gasteiger partial charge on any atom is -0.480 e. The molecule has 23 heavy (non-hydrogen) atoms. The summed E-state index contributed by atoms with van der Waals surface area (Å²) in [6, 6.07) is 6.01. The second kappa shape index (κ2) is 5.65. The molecule has 1 unspecified atom stereocenters. The quantitative estimate of drug-likeness (QED) is 0.827. The van der Waals surface area contributed by atoms with E-state index in [0.29, 0.717) is 0 Å². The second-order valence-electron chi connectivity index (χ2n) is 5.44. The lowest BCUT2D eigenvalue weighted by atomic mass is 10.2. The van der Waals surface area contributed by atoms with Crippen LogP contribution in [0.4, 0.5) is 0 Å². The van der Waals surface area contributed by atoms with E-state index in [-0.39, 0.29) is 18.8 Å². The number of carbonyl (C=O) groups excluding carboxylic acids is 1. The zero-order valence-electron chi connectivity index (χ0n) is 12.1. The van der Waals surface area contributed by atoms with Crippen LogP contribution in [-0.2, 0) is 26.0 Å². The fourth-order valence-electron chi connectivity index (χ4n) is 2.64. The Morgan fingerprint density at radius 1 is 1.30 bits per heavy atom. The van der Waals surface area contributed by atoms with E-state index in [1.54, 1.807) is 6.20 Å². The number of amides is 1. The molecule has 8 nitrogen and oxygen atoms in total. The molecule has 1 aliphatic heterocycles. The number of aliphatic carboxylic acids is 1. The summed E-state index contributed by atoms with van der Waals surface area (Å²) in [6.07, 6.45) is 1.70. The predicted octanol–water partition coefficient (Wildman–Crippen LogP) is -0.253. The third-order valence-electron chi connectivity index (χ3n) is 3.79. The summed E-state index contributed by atoms with van der Waals surface area (Å²) in [5.74, 6) is -2.54. The van der Waals surface area contributed by atoms with Gasteiger partial charge in [-0.2, -0.15) is 5.10 Å². The van der Waals surface area contributed by atoms with Crippen molar-refractivity contribution in [3.8, 4) is 0 Å². The van der Waals surface area contributed by atoms with Crippen molar-refractivity contribution >= 4 is 32.6 Å². The van der Waals surface area contributed by atoms with Crippen molar-refractivity contribution in [2.24, 2.45) is 0 Å². The zero-order valence-corrected chi connectivity index (χ0v) is 12.9. The van der Waals surface area contributed by atoms with E-state index in [4.69, 9.17) is 0 Å². The van der Waals surface area contributed by atoms with Gasteiger partial charge in [-0.1, -0.05) is 18.2 Å². The van der Waals surface area contributed by atoms with Crippen LogP contribution in [0.15, 0.2) is 30.5 Å². The van der Waals surface area contributed by atoms with Crippen molar-refractivity contribution in [1.29, 1.82) is 0 Å². The lowest BCUT2D eigenvalue weighted by Crippen LogP contribution is -2.55. The predicted molar refractivity (Wildman–Crippen MR) is 81.5 cm³/mol. The van der Waals surface area contributed by atoms with Gasteiger partial charge >= 0.3 is 5.97 Å². The van der Waals surface area contributed by atoms with Crippen LogP contribution in [0, 0.1) is 0 Å². The number of fused-ring (bicyclic) bond motifs is 1. The van der Waals surface area contributed by atoms with Gasteiger partial charge in [-0.25, -0.2) is 13.2 Å².